The second-order valence-corrected chi connectivity index (χ2v) is 7.26. The van der Waals surface area contributed by atoms with Crippen molar-refractivity contribution in [2.24, 2.45) is 11.3 Å². The molecule has 1 aliphatic rings. The highest BCUT2D eigenvalue weighted by molar-refractivity contribution is 6.30. The van der Waals surface area contributed by atoms with Crippen LogP contribution in [0.1, 0.15) is 64.5 Å². The lowest BCUT2D eigenvalue weighted by molar-refractivity contribution is 0.154. The third-order valence-electron chi connectivity index (χ3n) is 4.71. The van der Waals surface area contributed by atoms with Crippen molar-refractivity contribution in [2.75, 3.05) is 6.54 Å². The number of hydrogen-bond acceptors (Lipinski definition) is 1. The maximum Gasteiger partial charge on any atom is 0.129 e. The minimum atomic E-state index is -0.177. The highest BCUT2D eigenvalue weighted by Crippen LogP contribution is 2.52. The van der Waals surface area contributed by atoms with Crippen LogP contribution in [0.3, 0.4) is 0 Å². The van der Waals surface area contributed by atoms with Crippen LogP contribution in [0.5, 0.6) is 0 Å². The Kier molecular flexibility index (Phi) is 5.67. The van der Waals surface area contributed by atoms with Gasteiger partial charge in [0.25, 0.3) is 0 Å². The average molecular weight is 312 g/mol. The highest BCUT2D eigenvalue weighted by Gasteiger charge is 2.42. The Morgan fingerprint density at radius 3 is 2.48 bits per heavy atom. The molecule has 1 nitrogen and oxygen atoms in total. The molecule has 0 aliphatic heterocycles. The number of rotatable bonds is 6. The van der Waals surface area contributed by atoms with Gasteiger partial charge in [0, 0.05) is 16.6 Å². The van der Waals surface area contributed by atoms with E-state index in [0.29, 0.717) is 10.9 Å². The largest absolute Gasteiger partial charge is 0.310 e. The normalized spacial score (nSPS) is 19.1. The van der Waals surface area contributed by atoms with E-state index in [2.05, 4.69) is 26.1 Å². The molecule has 1 unspecified atom stereocenters. The van der Waals surface area contributed by atoms with E-state index in [1.165, 1.54) is 31.7 Å². The Hall–Kier alpha value is -0.600. The molecule has 21 heavy (non-hydrogen) atoms. The van der Waals surface area contributed by atoms with E-state index in [4.69, 9.17) is 11.6 Å². The first-order valence-electron chi connectivity index (χ1n) is 8.17. The molecule has 0 saturated heterocycles. The molecule has 0 amide bonds. The molecule has 1 atom stereocenters. The summed E-state index contributed by atoms with van der Waals surface area (Å²) in [6, 6.07) is 5.21. The Labute approximate surface area is 133 Å². The van der Waals surface area contributed by atoms with E-state index in [1.54, 1.807) is 0 Å². The van der Waals surface area contributed by atoms with Crippen molar-refractivity contribution in [3.8, 4) is 0 Å². The second-order valence-electron chi connectivity index (χ2n) is 6.82. The van der Waals surface area contributed by atoms with Gasteiger partial charge in [0.15, 0.2) is 0 Å². The monoisotopic (exact) mass is 311 g/mol. The van der Waals surface area contributed by atoms with Gasteiger partial charge in [-0.3, -0.25) is 0 Å². The maximum atomic E-state index is 14.5. The van der Waals surface area contributed by atoms with Gasteiger partial charge >= 0.3 is 0 Å². The summed E-state index contributed by atoms with van der Waals surface area (Å²) < 4.78 is 14.5. The summed E-state index contributed by atoms with van der Waals surface area (Å²) in [5.41, 5.74) is 0.961. The highest BCUT2D eigenvalue weighted by atomic mass is 35.5. The fraction of sp³-hybridized carbons (Fsp3) is 0.667. The summed E-state index contributed by atoms with van der Waals surface area (Å²) in [7, 11) is 0. The molecule has 1 aromatic rings. The summed E-state index contributed by atoms with van der Waals surface area (Å²) >= 11 is 5.92. The van der Waals surface area contributed by atoms with E-state index >= 15 is 0 Å². The van der Waals surface area contributed by atoms with Crippen LogP contribution < -0.4 is 5.32 Å². The molecule has 1 aliphatic carbocycles. The van der Waals surface area contributed by atoms with E-state index in [-0.39, 0.29) is 17.3 Å². The zero-order chi connectivity index (χ0) is 15.5. The third-order valence-corrected chi connectivity index (χ3v) is 4.94. The molecule has 0 bridgehead atoms. The molecule has 0 radical (unpaired) electrons. The minimum Gasteiger partial charge on any atom is -0.310 e. The summed E-state index contributed by atoms with van der Waals surface area (Å²) in [6.45, 7) is 7.48. The molecule has 1 fully saturated rings. The van der Waals surface area contributed by atoms with Gasteiger partial charge in [-0.15, -0.1) is 0 Å². The molecule has 3 heteroatoms. The van der Waals surface area contributed by atoms with Gasteiger partial charge in [-0.05, 0) is 49.3 Å². The van der Waals surface area contributed by atoms with Crippen LogP contribution in [0.4, 0.5) is 4.39 Å². The molecule has 118 valence electrons. The van der Waals surface area contributed by atoms with E-state index in [9.17, 15) is 4.39 Å². The van der Waals surface area contributed by atoms with Crippen molar-refractivity contribution in [3.63, 3.8) is 0 Å². The van der Waals surface area contributed by atoms with Crippen molar-refractivity contribution in [3.05, 3.63) is 34.6 Å². The first-order chi connectivity index (χ1) is 9.98. The molecular formula is C18H27ClFN. The number of hydrogen-bond donors (Lipinski definition) is 1. The molecule has 0 aromatic heterocycles. The fourth-order valence-electron chi connectivity index (χ4n) is 4.10. The number of benzene rings is 1. The van der Waals surface area contributed by atoms with Gasteiger partial charge in [-0.25, -0.2) is 4.39 Å². The maximum absolute atomic E-state index is 14.5. The Morgan fingerprint density at radius 2 is 1.95 bits per heavy atom. The number of halogens is 2. The Balaban J connectivity index is 2.39. The lowest BCUT2D eigenvalue weighted by Gasteiger charge is -2.40. The van der Waals surface area contributed by atoms with Gasteiger partial charge in [0.2, 0.25) is 0 Å². The predicted octanol–water partition coefficient (Wildman–Crippen LogP) is 5.74. The van der Waals surface area contributed by atoms with Crippen LogP contribution in [-0.2, 0) is 0 Å². The average Bonchev–Trinajstić information content (AvgIpc) is 2.85. The lowest BCUT2D eigenvalue weighted by Crippen LogP contribution is -2.38. The quantitative estimate of drug-likeness (QED) is 0.706. The summed E-state index contributed by atoms with van der Waals surface area (Å²) in [4.78, 5) is 0. The Bertz CT molecular complexity index is 466. The molecular weight excluding hydrogens is 285 g/mol. The van der Waals surface area contributed by atoms with Crippen LogP contribution in [0.25, 0.3) is 0 Å². The van der Waals surface area contributed by atoms with Crippen molar-refractivity contribution >= 4 is 11.6 Å². The van der Waals surface area contributed by atoms with Crippen molar-refractivity contribution in [1.29, 1.82) is 0 Å². The van der Waals surface area contributed by atoms with Gasteiger partial charge < -0.3 is 5.32 Å². The fourth-order valence-corrected chi connectivity index (χ4v) is 4.26. The molecule has 1 aromatic carbocycles. The van der Waals surface area contributed by atoms with Gasteiger partial charge in [-0.2, -0.15) is 0 Å². The predicted molar refractivity (Wildman–Crippen MR) is 88.2 cm³/mol. The second kappa shape index (κ2) is 7.11. The van der Waals surface area contributed by atoms with Crippen LogP contribution in [0, 0.1) is 17.2 Å². The number of nitrogens with one attached hydrogen (secondary N) is 1. The van der Waals surface area contributed by atoms with Crippen molar-refractivity contribution < 1.29 is 4.39 Å². The standard InChI is InChI=1S/C18H27ClFN/c1-4-21-17(15-8-7-14(19)11-16(15)20)18(12-13(2)3)9-5-6-10-18/h7-8,11,13,17,21H,4-6,9-10,12H2,1-3H3. The van der Waals surface area contributed by atoms with Crippen molar-refractivity contribution in [1.82, 2.24) is 5.32 Å². The van der Waals surface area contributed by atoms with Crippen LogP contribution in [0.2, 0.25) is 5.02 Å². The first-order valence-corrected chi connectivity index (χ1v) is 8.54. The van der Waals surface area contributed by atoms with E-state index in [1.807, 2.05) is 12.1 Å². The topological polar surface area (TPSA) is 12.0 Å². The molecule has 1 saturated carbocycles. The first kappa shape index (κ1) is 16.8. The lowest BCUT2D eigenvalue weighted by atomic mass is 9.70. The SMILES string of the molecule is CCNC(c1ccc(Cl)cc1F)C1(CC(C)C)CCCC1. The van der Waals surface area contributed by atoms with Crippen LogP contribution in [-0.4, -0.2) is 6.54 Å². The molecule has 2 rings (SSSR count). The van der Waals surface area contributed by atoms with Crippen molar-refractivity contribution in [2.45, 2.75) is 58.9 Å². The van der Waals surface area contributed by atoms with Crippen LogP contribution in [0.15, 0.2) is 18.2 Å². The van der Waals surface area contributed by atoms with Gasteiger partial charge in [0.05, 0.1) is 0 Å². The van der Waals surface area contributed by atoms with E-state index in [0.717, 1.165) is 18.5 Å². The van der Waals surface area contributed by atoms with Gasteiger partial charge in [0.1, 0.15) is 5.82 Å². The minimum absolute atomic E-state index is 0.0877. The molecule has 0 heterocycles. The molecule has 1 N–H and O–H groups in total. The zero-order valence-electron chi connectivity index (χ0n) is 13.4. The Morgan fingerprint density at radius 1 is 1.29 bits per heavy atom. The van der Waals surface area contributed by atoms with Gasteiger partial charge in [-0.1, -0.05) is 51.3 Å². The summed E-state index contributed by atoms with van der Waals surface area (Å²) in [6.07, 6.45) is 6.02. The summed E-state index contributed by atoms with van der Waals surface area (Å²) in [5, 5.41) is 4.03. The zero-order valence-corrected chi connectivity index (χ0v) is 14.1. The van der Waals surface area contributed by atoms with Crippen LogP contribution >= 0.6 is 11.6 Å². The summed E-state index contributed by atoms with van der Waals surface area (Å²) in [5.74, 6) is 0.447. The van der Waals surface area contributed by atoms with E-state index < -0.39 is 0 Å². The third kappa shape index (κ3) is 3.78. The molecule has 0 spiro atoms. The smallest absolute Gasteiger partial charge is 0.129 e.